The lowest BCUT2D eigenvalue weighted by Gasteiger charge is -2.17. The van der Waals surface area contributed by atoms with Gasteiger partial charge in [0.15, 0.2) is 0 Å². The van der Waals surface area contributed by atoms with Crippen LogP contribution in [-0.2, 0) is 27.9 Å². The Kier molecular flexibility index (Phi) is 8.83. The van der Waals surface area contributed by atoms with E-state index in [-0.39, 0.29) is 22.2 Å². The van der Waals surface area contributed by atoms with E-state index in [9.17, 15) is 13.2 Å². The minimum absolute atomic E-state index is 0.0503. The van der Waals surface area contributed by atoms with Crippen LogP contribution in [0.4, 0.5) is 11.5 Å². The molecule has 204 valence electrons. The summed E-state index contributed by atoms with van der Waals surface area (Å²) in [4.78, 5) is 17.2. The Morgan fingerprint density at radius 1 is 1.13 bits per heavy atom. The minimum atomic E-state index is -3.44. The van der Waals surface area contributed by atoms with Gasteiger partial charge in [0.2, 0.25) is 10.0 Å². The maximum atomic E-state index is 13.1. The summed E-state index contributed by atoms with van der Waals surface area (Å²) in [5.41, 5.74) is 2.47. The van der Waals surface area contributed by atoms with Crippen molar-refractivity contribution in [2.24, 2.45) is 0 Å². The molecule has 0 radical (unpaired) electrons. The maximum Gasteiger partial charge on any atom is 0.257 e. The van der Waals surface area contributed by atoms with Crippen LogP contribution in [0.15, 0.2) is 42.9 Å². The number of ether oxygens (including phenoxy) is 1. The first-order chi connectivity index (χ1) is 17.9. The smallest absolute Gasteiger partial charge is 0.257 e. The van der Waals surface area contributed by atoms with Crippen molar-refractivity contribution >= 4 is 58.7 Å². The first-order valence-corrected chi connectivity index (χ1v) is 18.3. The molecule has 1 aliphatic heterocycles. The van der Waals surface area contributed by atoms with Crippen LogP contribution in [0.5, 0.6) is 0 Å². The largest absolute Gasteiger partial charge is 0.360 e. The summed E-state index contributed by atoms with van der Waals surface area (Å²) in [6, 6.07) is 7.79. The van der Waals surface area contributed by atoms with E-state index in [1.165, 1.54) is 16.6 Å². The number of nitrogens with zero attached hydrogens (tertiary/aromatic N) is 4. The van der Waals surface area contributed by atoms with Gasteiger partial charge in [-0.15, -0.1) is 0 Å². The average Bonchev–Trinajstić information content (AvgIpc) is 3.41. The number of hydrogen-bond donors (Lipinski definition) is 1. The van der Waals surface area contributed by atoms with Gasteiger partial charge >= 0.3 is 0 Å². The molecule has 1 amide bonds. The van der Waals surface area contributed by atoms with E-state index in [0.717, 1.165) is 23.8 Å². The molecular formula is C25H31Cl2N5O4SSi. The van der Waals surface area contributed by atoms with Crippen LogP contribution in [0, 0.1) is 0 Å². The second-order valence-corrected chi connectivity index (χ2v) is 19.0. The standard InChI is InChI=1S/C25H31Cl2N5O4SSi/c1-38(2,3)8-6-36-17-31-16-19(14-29-31)9-18-10-20(26)12-21(11-18)30-25(33)22-13-24(28-15-23(22)27)32-5-4-7-37(32,34)35/h10-16H,4-9,17H2,1-3H3,(H,30,33). The molecule has 0 saturated carbocycles. The Bertz CT molecular complexity index is 1430. The number of nitrogens with one attached hydrogen (secondary N) is 1. The number of rotatable bonds is 10. The lowest BCUT2D eigenvalue weighted by molar-refractivity contribution is 0.0785. The zero-order chi connectivity index (χ0) is 27.5. The van der Waals surface area contributed by atoms with E-state index in [2.05, 4.69) is 35.0 Å². The molecule has 3 aromatic rings. The number of hydrogen-bond acceptors (Lipinski definition) is 6. The molecule has 0 bridgehead atoms. The molecule has 1 saturated heterocycles. The fourth-order valence-corrected chi connectivity index (χ4v) is 6.71. The predicted octanol–water partition coefficient (Wildman–Crippen LogP) is 5.28. The molecule has 0 aliphatic carbocycles. The van der Waals surface area contributed by atoms with E-state index in [4.69, 9.17) is 27.9 Å². The fourth-order valence-electron chi connectivity index (χ4n) is 4.00. The van der Waals surface area contributed by atoms with E-state index < -0.39 is 24.0 Å². The molecule has 1 aromatic carbocycles. The second kappa shape index (κ2) is 11.7. The van der Waals surface area contributed by atoms with Crippen molar-refractivity contribution in [3.63, 3.8) is 0 Å². The monoisotopic (exact) mass is 595 g/mol. The highest BCUT2D eigenvalue weighted by Gasteiger charge is 2.30. The minimum Gasteiger partial charge on any atom is -0.360 e. The van der Waals surface area contributed by atoms with Crippen LogP contribution >= 0.6 is 23.2 Å². The topological polar surface area (TPSA) is 106 Å². The van der Waals surface area contributed by atoms with Crippen LogP contribution in [-0.4, -0.2) is 56.1 Å². The molecule has 38 heavy (non-hydrogen) atoms. The third-order valence-corrected chi connectivity index (χ3v) is 10.0. The van der Waals surface area contributed by atoms with E-state index >= 15 is 0 Å². The van der Waals surface area contributed by atoms with E-state index in [1.807, 2.05) is 18.3 Å². The van der Waals surface area contributed by atoms with Crippen LogP contribution in [0.1, 0.15) is 27.9 Å². The van der Waals surface area contributed by atoms with Gasteiger partial charge in [0.25, 0.3) is 5.91 Å². The number of benzene rings is 1. The van der Waals surface area contributed by atoms with Gasteiger partial charge in [0, 0.05) is 50.8 Å². The molecule has 1 aliphatic rings. The summed E-state index contributed by atoms with van der Waals surface area (Å²) in [5.74, 6) is -0.272. The van der Waals surface area contributed by atoms with Gasteiger partial charge < -0.3 is 10.1 Å². The van der Waals surface area contributed by atoms with Crippen LogP contribution in [0.3, 0.4) is 0 Å². The van der Waals surface area contributed by atoms with Gasteiger partial charge in [0.05, 0.1) is 22.5 Å². The normalized spacial score (nSPS) is 15.1. The summed E-state index contributed by atoms with van der Waals surface area (Å²) in [5, 5.41) is 7.77. The van der Waals surface area contributed by atoms with Crippen molar-refractivity contribution in [2.45, 2.75) is 45.3 Å². The lowest BCUT2D eigenvalue weighted by Crippen LogP contribution is -2.26. The van der Waals surface area contributed by atoms with Crippen molar-refractivity contribution in [1.29, 1.82) is 0 Å². The third kappa shape index (κ3) is 7.57. The average molecular weight is 597 g/mol. The number of halogens is 2. The molecule has 0 atom stereocenters. The second-order valence-electron chi connectivity index (χ2n) is 10.5. The summed E-state index contributed by atoms with van der Waals surface area (Å²) in [6.45, 7) is 8.38. The SMILES string of the molecule is C[Si](C)(C)CCOCn1cc(Cc2cc(Cl)cc(NC(=O)c3cc(N4CCCS4(=O)=O)ncc3Cl)c2)cn1. The van der Waals surface area contributed by atoms with Gasteiger partial charge in [-0.2, -0.15) is 5.10 Å². The van der Waals surface area contributed by atoms with Gasteiger partial charge in [-0.1, -0.05) is 42.8 Å². The predicted molar refractivity (Wildman–Crippen MR) is 154 cm³/mol. The number of pyridine rings is 1. The highest BCUT2D eigenvalue weighted by Crippen LogP contribution is 2.27. The maximum absolute atomic E-state index is 13.1. The Labute approximate surface area is 234 Å². The summed E-state index contributed by atoms with van der Waals surface area (Å²) >= 11 is 12.6. The molecule has 0 spiro atoms. The molecule has 0 unspecified atom stereocenters. The quantitative estimate of drug-likeness (QED) is 0.252. The lowest BCUT2D eigenvalue weighted by atomic mass is 10.1. The Morgan fingerprint density at radius 3 is 2.63 bits per heavy atom. The molecular weight excluding hydrogens is 565 g/mol. The van der Waals surface area contributed by atoms with Gasteiger partial charge in [0.1, 0.15) is 12.5 Å². The van der Waals surface area contributed by atoms with Crippen molar-refractivity contribution < 1.29 is 17.9 Å². The molecule has 13 heteroatoms. The summed E-state index contributed by atoms with van der Waals surface area (Å²) in [7, 11) is -4.58. The fraction of sp³-hybridized carbons (Fsp3) is 0.400. The van der Waals surface area contributed by atoms with Gasteiger partial charge in [-0.25, -0.2) is 18.1 Å². The number of carbonyl (C=O) groups excluding carboxylic acids is 1. The van der Waals surface area contributed by atoms with Crippen molar-refractivity contribution in [1.82, 2.24) is 14.8 Å². The third-order valence-electron chi connectivity index (χ3n) is 5.97. The summed E-state index contributed by atoms with van der Waals surface area (Å²) in [6.07, 6.45) is 6.06. The van der Waals surface area contributed by atoms with Gasteiger partial charge in [-0.05, 0) is 47.9 Å². The van der Waals surface area contributed by atoms with Crippen LogP contribution in [0.25, 0.3) is 0 Å². The zero-order valence-corrected chi connectivity index (χ0v) is 24.9. The Hall–Kier alpha value is -2.44. The molecule has 1 fully saturated rings. The Balaban J connectivity index is 1.43. The molecule has 9 nitrogen and oxygen atoms in total. The highest BCUT2D eigenvalue weighted by atomic mass is 35.5. The first-order valence-electron chi connectivity index (χ1n) is 12.3. The molecule has 2 aromatic heterocycles. The van der Waals surface area contributed by atoms with Crippen molar-refractivity contribution in [3.05, 3.63) is 69.6 Å². The number of sulfonamides is 1. The van der Waals surface area contributed by atoms with Crippen LogP contribution in [0.2, 0.25) is 35.7 Å². The van der Waals surface area contributed by atoms with Gasteiger partial charge in [-0.3, -0.25) is 9.10 Å². The van der Waals surface area contributed by atoms with Crippen LogP contribution < -0.4 is 9.62 Å². The zero-order valence-electron chi connectivity index (χ0n) is 21.6. The first kappa shape index (κ1) is 28.6. The number of aromatic nitrogens is 3. The number of carbonyl (C=O) groups is 1. The van der Waals surface area contributed by atoms with E-state index in [1.54, 1.807) is 16.9 Å². The molecule has 3 heterocycles. The number of anilines is 2. The molecule has 4 rings (SSSR count). The number of amides is 1. The molecule has 1 N–H and O–H groups in total. The van der Waals surface area contributed by atoms with Crippen molar-refractivity contribution in [2.75, 3.05) is 28.5 Å². The highest BCUT2D eigenvalue weighted by molar-refractivity contribution is 7.93. The van der Waals surface area contributed by atoms with E-state index in [0.29, 0.717) is 36.8 Å². The summed E-state index contributed by atoms with van der Waals surface area (Å²) < 4.78 is 33.3. The van der Waals surface area contributed by atoms with Crippen molar-refractivity contribution in [3.8, 4) is 0 Å². The Morgan fingerprint density at radius 2 is 1.92 bits per heavy atom.